The molecule has 5 rings (SSSR count). The number of hydrogen-bond acceptors (Lipinski definition) is 6. The van der Waals surface area contributed by atoms with E-state index in [1.165, 1.54) is 0 Å². The minimum absolute atomic E-state index is 0.116. The summed E-state index contributed by atoms with van der Waals surface area (Å²) in [7, 11) is 0. The molecule has 0 saturated carbocycles. The lowest BCUT2D eigenvalue weighted by Crippen LogP contribution is -2.61. The summed E-state index contributed by atoms with van der Waals surface area (Å²) in [5.41, 5.74) is 3.98. The second-order valence-corrected chi connectivity index (χ2v) is 12.1. The van der Waals surface area contributed by atoms with E-state index >= 15 is 0 Å². The summed E-state index contributed by atoms with van der Waals surface area (Å²) >= 11 is 0. The highest BCUT2D eigenvalue weighted by Gasteiger charge is 2.65. The highest BCUT2D eigenvalue weighted by molar-refractivity contribution is 5.66. The smallest absolute Gasteiger partial charge is 0.303 e. The number of carboxylic acid groups (broad SMARTS) is 1. The van der Waals surface area contributed by atoms with Crippen LogP contribution in [0.1, 0.15) is 42.0 Å². The fourth-order valence-corrected chi connectivity index (χ4v) is 6.57. The van der Waals surface area contributed by atoms with Gasteiger partial charge in [0.05, 0.1) is 39.5 Å². The summed E-state index contributed by atoms with van der Waals surface area (Å²) in [6.45, 7) is 3.66. The summed E-state index contributed by atoms with van der Waals surface area (Å²) in [5, 5.41) is 22.4. The van der Waals surface area contributed by atoms with Crippen molar-refractivity contribution < 1.29 is 38.7 Å². The Labute approximate surface area is 277 Å². The lowest BCUT2D eigenvalue weighted by molar-refractivity contribution is -1.13. The third kappa shape index (κ3) is 9.35. The summed E-state index contributed by atoms with van der Waals surface area (Å²) in [6.07, 6.45) is -1.78. The summed E-state index contributed by atoms with van der Waals surface area (Å²) in [6, 6.07) is 38.3. The number of hydroxylamine groups is 3. The molecule has 6 atom stereocenters. The van der Waals surface area contributed by atoms with Crippen molar-refractivity contribution in [3.63, 3.8) is 0 Å². The van der Waals surface area contributed by atoms with E-state index < -0.39 is 41.0 Å². The monoisotopic (exact) mass is 640 g/mol. The third-order valence-electron chi connectivity index (χ3n) is 8.94. The highest BCUT2D eigenvalue weighted by atomic mass is 16.6. The van der Waals surface area contributed by atoms with Crippen molar-refractivity contribution in [1.82, 2.24) is 0 Å². The van der Waals surface area contributed by atoms with Crippen LogP contribution < -0.4 is 0 Å². The number of likely N-dealkylation sites (tertiary alicyclic amines) is 1. The van der Waals surface area contributed by atoms with Gasteiger partial charge >= 0.3 is 5.97 Å². The van der Waals surface area contributed by atoms with Gasteiger partial charge in [0.1, 0.15) is 30.9 Å². The number of hydrogen-bond donors (Lipinski definition) is 2. The van der Waals surface area contributed by atoms with Gasteiger partial charge in [-0.25, -0.2) is 5.21 Å². The van der Waals surface area contributed by atoms with Crippen molar-refractivity contribution in [3.05, 3.63) is 144 Å². The second kappa shape index (κ2) is 17.3. The van der Waals surface area contributed by atoms with E-state index in [1.807, 2.05) is 128 Å². The zero-order valence-electron chi connectivity index (χ0n) is 27.0. The molecule has 0 aromatic heterocycles. The molecule has 0 radical (unpaired) electrons. The van der Waals surface area contributed by atoms with Crippen LogP contribution in [0.15, 0.2) is 121 Å². The largest absolute Gasteiger partial charge is 0.481 e. The van der Waals surface area contributed by atoms with Crippen molar-refractivity contribution in [2.24, 2.45) is 0 Å². The Kier molecular flexibility index (Phi) is 12.7. The third-order valence-corrected chi connectivity index (χ3v) is 8.94. The van der Waals surface area contributed by atoms with Crippen LogP contribution in [0.5, 0.6) is 0 Å². The molecule has 0 unspecified atom stereocenters. The van der Waals surface area contributed by atoms with Gasteiger partial charge in [0, 0.05) is 6.42 Å². The van der Waals surface area contributed by atoms with Gasteiger partial charge in [-0.2, -0.15) is 4.65 Å². The van der Waals surface area contributed by atoms with Crippen LogP contribution in [-0.4, -0.2) is 64.5 Å². The van der Waals surface area contributed by atoms with Gasteiger partial charge in [0.15, 0.2) is 6.04 Å². The first-order valence-corrected chi connectivity index (χ1v) is 16.4. The fourth-order valence-electron chi connectivity index (χ4n) is 6.57. The second-order valence-electron chi connectivity index (χ2n) is 12.1. The molecule has 0 spiro atoms. The van der Waals surface area contributed by atoms with Crippen molar-refractivity contribution in [3.8, 4) is 0 Å². The standard InChI is InChI=1S/C39H45NO7/c1-2-40(43)34(23-24-36(41)42)38(46-27-32-19-11-5-12-20-32)39(47-28-33-21-13-6-14-22-33)37(40)35(45-26-31-17-9-4-10-18-31)29-44-25-30-15-7-3-8-16-30/h3-22,34-35,37-39,43H,2,23-29H2,1H3/p+1/t34-,35+,37-,38-,39-,40+/m0/s1. The molecule has 8 nitrogen and oxygen atoms in total. The van der Waals surface area contributed by atoms with Crippen molar-refractivity contribution in [2.45, 2.75) is 76.6 Å². The molecule has 47 heavy (non-hydrogen) atoms. The molecule has 0 bridgehead atoms. The maximum atomic E-state index is 12.7. The van der Waals surface area contributed by atoms with E-state index in [4.69, 9.17) is 18.9 Å². The number of aliphatic carboxylic acids is 1. The maximum absolute atomic E-state index is 12.7. The minimum Gasteiger partial charge on any atom is -0.481 e. The molecular formula is C39H46NO7+. The number of quaternary nitrogens is 1. The molecule has 4 aromatic rings. The van der Waals surface area contributed by atoms with Crippen LogP contribution in [0.4, 0.5) is 0 Å². The van der Waals surface area contributed by atoms with Gasteiger partial charge in [-0.05, 0) is 29.2 Å². The van der Waals surface area contributed by atoms with Gasteiger partial charge in [-0.15, -0.1) is 0 Å². The Bertz CT molecular complexity index is 1470. The van der Waals surface area contributed by atoms with Crippen LogP contribution in [0.3, 0.4) is 0 Å². The van der Waals surface area contributed by atoms with E-state index in [-0.39, 0.29) is 26.1 Å². The molecule has 1 saturated heterocycles. The van der Waals surface area contributed by atoms with Crippen LogP contribution in [0, 0.1) is 0 Å². The van der Waals surface area contributed by atoms with E-state index in [0.29, 0.717) is 26.4 Å². The number of nitrogens with zero attached hydrogens (tertiary/aromatic N) is 1. The van der Waals surface area contributed by atoms with Crippen LogP contribution >= 0.6 is 0 Å². The Morgan fingerprint density at radius 3 is 1.60 bits per heavy atom. The van der Waals surface area contributed by atoms with Crippen molar-refractivity contribution in [2.75, 3.05) is 13.2 Å². The fraction of sp³-hybridized carbons (Fsp3) is 0.359. The van der Waals surface area contributed by atoms with Gasteiger partial charge < -0.3 is 24.1 Å². The first-order chi connectivity index (χ1) is 23.0. The number of likely N-dealkylation sites (N-methyl/N-ethyl adjacent to an activating group) is 1. The SMILES string of the molecule is CC[N@+]1(O)[C@@H]([C@@H](COCc2ccccc2)OCc2ccccc2)[C@H](OCc2ccccc2)[C@@H](OCc2ccccc2)[C@@H]1CCC(=O)O. The number of ether oxygens (including phenoxy) is 4. The molecule has 0 aliphatic carbocycles. The zero-order valence-corrected chi connectivity index (χ0v) is 27.0. The average Bonchev–Trinajstić information content (AvgIpc) is 3.35. The minimum atomic E-state index is -0.928. The van der Waals surface area contributed by atoms with Gasteiger partial charge in [0.25, 0.3) is 0 Å². The molecule has 1 heterocycles. The van der Waals surface area contributed by atoms with Gasteiger partial charge in [-0.1, -0.05) is 121 Å². The average molecular weight is 641 g/mol. The zero-order chi connectivity index (χ0) is 32.9. The lowest BCUT2D eigenvalue weighted by Gasteiger charge is -2.39. The topological polar surface area (TPSA) is 94.5 Å². The molecule has 1 aliphatic heterocycles. The van der Waals surface area contributed by atoms with E-state index in [9.17, 15) is 15.1 Å². The highest BCUT2D eigenvalue weighted by Crippen LogP contribution is 2.41. The molecule has 1 fully saturated rings. The summed E-state index contributed by atoms with van der Waals surface area (Å²) in [4.78, 5) is 11.9. The normalized spacial score (nSPS) is 23.0. The first kappa shape index (κ1) is 34.4. The van der Waals surface area contributed by atoms with Crippen LogP contribution in [0.2, 0.25) is 0 Å². The molecule has 1 aliphatic rings. The van der Waals surface area contributed by atoms with Crippen molar-refractivity contribution >= 4 is 5.97 Å². The Morgan fingerprint density at radius 1 is 0.681 bits per heavy atom. The number of carboxylic acids is 1. The Hall–Kier alpha value is -3.89. The Morgan fingerprint density at radius 2 is 1.13 bits per heavy atom. The lowest BCUT2D eigenvalue weighted by atomic mass is 10.0. The molecule has 2 N–H and O–H groups in total. The number of benzene rings is 4. The summed E-state index contributed by atoms with van der Waals surface area (Å²) in [5.74, 6) is -0.928. The summed E-state index contributed by atoms with van der Waals surface area (Å²) < 4.78 is 25.9. The molecule has 4 aromatic carbocycles. The number of carbonyl (C=O) groups is 1. The van der Waals surface area contributed by atoms with Crippen molar-refractivity contribution in [1.29, 1.82) is 0 Å². The first-order valence-electron chi connectivity index (χ1n) is 16.4. The molecule has 248 valence electrons. The Balaban J connectivity index is 1.50. The van der Waals surface area contributed by atoms with Gasteiger partial charge in [-0.3, -0.25) is 4.79 Å². The number of rotatable bonds is 18. The van der Waals surface area contributed by atoms with E-state index in [1.54, 1.807) is 0 Å². The van der Waals surface area contributed by atoms with Crippen LogP contribution in [-0.2, 0) is 50.2 Å². The predicted octanol–water partition coefficient (Wildman–Crippen LogP) is 6.80. The molecule has 0 amide bonds. The van der Waals surface area contributed by atoms with Crippen LogP contribution in [0.25, 0.3) is 0 Å². The predicted molar refractivity (Wildman–Crippen MR) is 178 cm³/mol. The van der Waals surface area contributed by atoms with E-state index in [0.717, 1.165) is 22.3 Å². The maximum Gasteiger partial charge on any atom is 0.303 e. The van der Waals surface area contributed by atoms with Gasteiger partial charge in [0.2, 0.25) is 0 Å². The van der Waals surface area contributed by atoms with E-state index in [2.05, 4.69) is 0 Å². The quantitative estimate of drug-likeness (QED) is 0.116. The molecule has 8 heteroatoms. The molecular weight excluding hydrogens is 594 g/mol.